The fourth-order valence-corrected chi connectivity index (χ4v) is 4.72. The Kier molecular flexibility index (Phi) is 5.14. The van der Waals surface area contributed by atoms with Crippen molar-refractivity contribution in [3.05, 3.63) is 93.1 Å². The summed E-state index contributed by atoms with van der Waals surface area (Å²) in [6.07, 6.45) is 7.45. The van der Waals surface area contributed by atoms with Gasteiger partial charge >= 0.3 is 0 Å². The summed E-state index contributed by atoms with van der Waals surface area (Å²) in [6, 6.07) is 15.0. The number of aromatic amines is 1. The van der Waals surface area contributed by atoms with Crippen molar-refractivity contribution < 1.29 is 4.79 Å². The summed E-state index contributed by atoms with van der Waals surface area (Å²) in [6.45, 7) is 0.469. The zero-order valence-electron chi connectivity index (χ0n) is 18.4. The number of pyridine rings is 2. The summed E-state index contributed by atoms with van der Waals surface area (Å²) < 4.78 is 2.06. The number of anilines is 2. The van der Waals surface area contributed by atoms with E-state index in [9.17, 15) is 9.59 Å². The van der Waals surface area contributed by atoms with Gasteiger partial charge in [0, 0.05) is 41.2 Å². The SMILES string of the molecule is O=C(Nc1cc(NCc2cn3cc(C4CC4)ccc3n2)cc(=O)[nH]1)[C@H]1C[C@@H]1c1cccc(Cl)c1. The average Bonchev–Trinajstić information content (AvgIpc) is 3.73. The van der Waals surface area contributed by atoms with Crippen molar-refractivity contribution in [1.29, 1.82) is 0 Å². The van der Waals surface area contributed by atoms with E-state index in [-0.39, 0.29) is 23.3 Å². The molecule has 2 aliphatic carbocycles. The number of aromatic nitrogens is 3. The molecule has 0 spiro atoms. The second-order valence-corrected chi connectivity index (χ2v) is 9.66. The molecule has 3 heterocycles. The lowest BCUT2D eigenvalue weighted by atomic mass is 10.1. The van der Waals surface area contributed by atoms with Crippen LogP contribution in [-0.2, 0) is 11.3 Å². The Morgan fingerprint density at radius 3 is 2.82 bits per heavy atom. The highest BCUT2D eigenvalue weighted by atomic mass is 35.5. The van der Waals surface area contributed by atoms with E-state index in [1.807, 2.05) is 36.5 Å². The van der Waals surface area contributed by atoms with E-state index in [0.29, 0.717) is 29.0 Å². The lowest BCUT2D eigenvalue weighted by molar-refractivity contribution is -0.117. The Balaban J connectivity index is 1.11. The zero-order chi connectivity index (χ0) is 23.2. The Labute approximate surface area is 201 Å². The van der Waals surface area contributed by atoms with Crippen molar-refractivity contribution >= 4 is 34.7 Å². The van der Waals surface area contributed by atoms with Crippen molar-refractivity contribution in [3.63, 3.8) is 0 Å². The van der Waals surface area contributed by atoms with E-state index < -0.39 is 0 Å². The highest BCUT2D eigenvalue weighted by Crippen LogP contribution is 2.48. The number of nitrogens with one attached hydrogen (secondary N) is 3. The van der Waals surface area contributed by atoms with Crippen LogP contribution in [0.5, 0.6) is 0 Å². The van der Waals surface area contributed by atoms with Crippen molar-refractivity contribution in [3.8, 4) is 0 Å². The largest absolute Gasteiger partial charge is 0.379 e. The molecule has 3 N–H and O–H groups in total. The maximum absolute atomic E-state index is 12.7. The molecular formula is C26H24ClN5O2. The van der Waals surface area contributed by atoms with Crippen molar-refractivity contribution in [1.82, 2.24) is 14.4 Å². The molecule has 6 rings (SSSR count). The van der Waals surface area contributed by atoms with Crippen molar-refractivity contribution in [2.45, 2.75) is 37.6 Å². The van der Waals surface area contributed by atoms with Gasteiger partial charge in [-0.2, -0.15) is 0 Å². The average molecular weight is 474 g/mol. The van der Waals surface area contributed by atoms with Crippen LogP contribution in [0.15, 0.2) is 65.7 Å². The number of amides is 1. The highest BCUT2D eigenvalue weighted by molar-refractivity contribution is 6.30. The van der Waals surface area contributed by atoms with Gasteiger partial charge in [0.25, 0.3) is 5.56 Å². The molecule has 2 aliphatic rings. The van der Waals surface area contributed by atoms with Gasteiger partial charge in [-0.15, -0.1) is 0 Å². The molecule has 1 aromatic carbocycles. The molecule has 1 amide bonds. The molecule has 2 saturated carbocycles. The maximum Gasteiger partial charge on any atom is 0.251 e. The zero-order valence-corrected chi connectivity index (χ0v) is 19.2. The molecule has 8 heteroatoms. The van der Waals surface area contributed by atoms with Gasteiger partial charge in [0.05, 0.1) is 12.2 Å². The number of halogens is 1. The second kappa shape index (κ2) is 8.33. The number of carbonyl (C=O) groups excluding carboxylic acids is 1. The fraction of sp³-hybridized carbons (Fsp3) is 0.269. The smallest absolute Gasteiger partial charge is 0.251 e. The number of imidazole rings is 1. The summed E-state index contributed by atoms with van der Waals surface area (Å²) in [4.78, 5) is 32.3. The first-order chi connectivity index (χ1) is 16.5. The predicted molar refractivity (Wildman–Crippen MR) is 132 cm³/mol. The van der Waals surface area contributed by atoms with Crippen LogP contribution in [0.1, 0.15) is 47.9 Å². The molecule has 3 aromatic heterocycles. The summed E-state index contributed by atoms with van der Waals surface area (Å²) in [7, 11) is 0. The van der Waals surface area contributed by atoms with Gasteiger partial charge in [-0.3, -0.25) is 9.59 Å². The predicted octanol–water partition coefficient (Wildman–Crippen LogP) is 4.91. The molecule has 34 heavy (non-hydrogen) atoms. The minimum absolute atomic E-state index is 0.107. The van der Waals surface area contributed by atoms with Gasteiger partial charge in [-0.25, -0.2) is 4.98 Å². The molecule has 7 nitrogen and oxygen atoms in total. The standard InChI is InChI=1S/C26H24ClN5O2/c27-18-3-1-2-16(8-18)21-11-22(21)26(34)31-23-9-19(10-25(33)30-23)28-12-20-14-32-13-17(15-4-5-15)6-7-24(32)29-20/h1-3,6-10,13-15,21-22H,4-5,11-12H2,(H3,28,30,31,33,34)/t21-,22+/m1/s1. The van der Waals surface area contributed by atoms with Crippen molar-refractivity contribution in [2.75, 3.05) is 10.6 Å². The monoisotopic (exact) mass is 473 g/mol. The van der Waals surface area contributed by atoms with E-state index >= 15 is 0 Å². The lowest BCUT2D eigenvalue weighted by Crippen LogP contribution is -2.19. The van der Waals surface area contributed by atoms with Crippen LogP contribution >= 0.6 is 11.6 Å². The van der Waals surface area contributed by atoms with Gasteiger partial charge in [0.1, 0.15) is 11.5 Å². The van der Waals surface area contributed by atoms with Crippen molar-refractivity contribution in [2.24, 2.45) is 5.92 Å². The fourth-order valence-electron chi connectivity index (χ4n) is 4.53. The molecule has 172 valence electrons. The molecule has 0 aliphatic heterocycles. The number of carbonyl (C=O) groups is 1. The minimum Gasteiger partial charge on any atom is -0.379 e. The summed E-state index contributed by atoms with van der Waals surface area (Å²) in [5.41, 5.74) is 4.53. The highest BCUT2D eigenvalue weighted by Gasteiger charge is 2.44. The first kappa shape index (κ1) is 21.0. The quantitative estimate of drug-likeness (QED) is 0.355. The van der Waals surface area contributed by atoms with Crippen LogP contribution < -0.4 is 16.2 Å². The molecular weight excluding hydrogens is 450 g/mol. The van der Waals surface area contributed by atoms with Gasteiger partial charge in [0.2, 0.25) is 5.91 Å². The number of hydrogen-bond donors (Lipinski definition) is 3. The molecule has 4 aromatic rings. The van der Waals surface area contributed by atoms with Gasteiger partial charge < -0.3 is 20.0 Å². The van der Waals surface area contributed by atoms with Crippen LogP contribution in [0.2, 0.25) is 5.02 Å². The van der Waals surface area contributed by atoms with Crippen LogP contribution in [0.25, 0.3) is 5.65 Å². The third-order valence-electron chi connectivity index (χ3n) is 6.55. The molecule has 0 radical (unpaired) electrons. The normalized spacial score (nSPS) is 19.2. The second-order valence-electron chi connectivity index (χ2n) is 9.23. The van der Waals surface area contributed by atoms with Crippen LogP contribution in [0.4, 0.5) is 11.5 Å². The third-order valence-corrected chi connectivity index (χ3v) is 6.79. The number of hydrogen-bond acceptors (Lipinski definition) is 4. The van der Waals surface area contributed by atoms with Crippen LogP contribution in [0.3, 0.4) is 0 Å². The number of rotatable bonds is 7. The summed E-state index contributed by atoms with van der Waals surface area (Å²) >= 11 is 6.07. The minimum atomic E-state index is -0.286. The molecule has 0 saturated heterocycles. The van der Waals surface area contributed by atoms with E-state index in [2.05, 4.69) is 37.3 Å². The molecule has 0 unspecified atom stereocenters. The number of H-pyrrole nitrogens is 1. The number of fused-ring (bicyclic) bond motifs is 1. The van der Waals surface area contributed by atoms with E-state index in [0.717, 1.165) is 23.3 Å². The van der Waals surface area contributed by atoms with Gasteiger partial charge in [-0.1, -0.05) is 29.8 Å². The number of nitrogens with zero attached hydrogens (tertiary/aromatic N) is 2. The molecule has 2 fully saturated rings. The summed E-state index contributed by atoms with van der Waals surface area (Å²) in [5.74, 6) is 0.985. The van der Waals surface area contributed by atoms with Crippen LogP contribution in [0, 0.1) is 5.92 Å². The van der Waals surface area contributed by atoms with E-state index in [4.69, 9.17) is 11.6 Å². The first-order valence-electron chi connectivity index (χ1n) is 11.5. The third kappa shape index (κ3) is 4.43. The summed E-state index contributed by atoms with van der Waals surface area (Å²) in [5, 5.41) is 6.77. The molecule has 2 atom stereocenters. The topological polar surface area (TPSA) is 91.3 Å². The van der Waals surface area contributed by atoms with E-state index in [1.54, 1.807) is 6.07 Å². The van der Waals surface area contributed by atoms with E-state index in [1.165, 1.54) is 24.5 Å². The van der Waals surface area contributed by atoms with Gasteiger partial charge in [0.15, 0.2) is 0 Å². The maximum atomic E-state index is 12.7. The van der Waals surface area contributed by atoms with Crippen LogP contribution in [-0.4, -0.2) is 20.3 Å². The Bertz CT molecular complexity index is 1460. The first-order valence-corrected chi connectivity index (χ1v) is 11.9. The Morgan fingerprint density at radius 1 is 1.12 bits per heavy atom. The lowest BCUT2D eigenvalue weighted by Gasteiger charge is -2.09. The van der Waals surface area contributed by atoms with Gasteiger partial charge in [-0.05, 0) is 60.4 Å². The molecule has 0 bridgehead atoms. The Hall–Kier alpha value is -3.58. The Morgan fingerprint density at radius 2 is 2.00 bits per heavy atom. The number of benzene rings is 1.